The molecular formula is C4H5F5S. The predicted octanol–water partition coefficient (Wildman–Crippen LogP) is 2.50. The van der Waals surface area contributed by atoms with Crippen molar-refractivity contribution < 1.29 is 22.0 Å². The number of thiol groups is 1. The Morgan fingerprint density at radius 2 is 1.40 bits per heavy atom. The van der Waals surface area contributed by atoms with Gasteiger partial charge in [-0.1, -0.05) is 0 Å². The van der Waals surface area contributed by atoms with E-state index in [1.807, 2.05) is 0 Å². The zero-order chi connectivity index (χ0) is 8.58. The first-order valence-corrected chi connectivity index (χ1v) is 2.84. The van der Waals surface area contributed by atoms with Gasteiger partial charge in [-0.2, -0.15) is 34.6 Å². The summed E-state index contributed by atoms with van der Waals surface area (Å²) in [5.41, 5.74) is 0. The van der Waals surface area contributed by atoms with E-state index in [9.17, 15) is 22.0 Å². The van der Waals surface area contributed by atoms with E-state index in [1.54, 1.807) is 0 Å². The van der Waals surface area contributed by atoms with Crippen LogP contribution in [0.25, 0.3) is 0 Å². The van der Waals surface area contributed by atoms with Gasteiger partial charge in [0.05, 0.1) is 5.25 Å². The van der Waals surface area contributed by atoms with Gasteiger partial charge in [-0.3, -0.25) is 0 Å². The van der Waals surface area contributed by atoms with Gasteiger partial charge in [-0.25, -0.2) is 0 Å². The fraction of sp³-hybridized carbons (Fsp3) is 1.00. The minimum atomic E-state index is -5.49. The molecule has 0 aliphatic rings. The van der Waals surface area contributed by atoms with Crippen LogP contribution in [0.4, 0.5) is 22.0 Å². The van der Waals surface area contributed by atoms with Crippen molar-refractivity contribution in [2.24, 2.45) is 0 Å². The molecule has 0 aromatic heterocycles. The first kappa shape index (κ1) is 10.0. The molecule has 0 aliphatic heterocycles. The molecular weight excluding hydrogens is 175 g/mol. The standard InChI is InChI=1S/C4H5F5S/c1-2(10)3(5,6)4(7,8)9/h2,10H,1H3. The molecule has 0 rings (SSSR count). The van der Waals surface area contributed by atoms with E-state index in [-0.39, 0.29) is 0 Å². The molecule has 0 fully saturated rings. The maximum absolute atomic E-state index is 11.9. The Kier molecular flexibility index (Phi) is 2.56. The topological polar surface area (TPSA) is 0 Å². The molecule has 0 nitrogen and oxygen atoms in total. The lowest BCUT2D eigenvalue weighted by Crippen LogP contribution is -2.43. The van der Waals surface area contributed by atoms with E-state index in [2.05, 4.69) is 12.6 Å². The maximum atomic E-state index is 11.9. The Hall–Kier alpha value is -0.0000000000000000555. The monoisotopic (exact) mass is 180 g/mol. The van der Waals surface area contributed by atoms with Crippen LogP contribution < -0.4 is 0 Å². The molecule has 1 unspecified atom stereocenters. The van der Waals surface area contributed by atoms with Gasteiger partial charge >= 0.3 is 12.1 Å². The Morgan fingerprint density at radius 3 is 1.40 bits per heavy atom. The second-order valence-electron chi connectivity index (χ2n) is 1.80. The summed E-state index contributed by atoms with van der Waals surface area (Å²) in [5, 5.41) is -2.01. The molecule has 0 radical (unpaired) electrons. The Morgan fingerprint density at radius 1 is 1.10 bits per heavy atom. The molecule has 0 saturated heterocycles. The zero-order valence-electron chi connectivity index (χ0n) is 4.91. The molecule has 0 aromatic rings. The summed E-state index contributed by atoms with van der Waals surface area (Å²) < 4.78 is 57.6. The molecule has 0 spiro atoms. The van der Waals surface area contributed by atoms with E-state index in [0.717, 1.165) is 0 Å². The first-order chi connectivity index (χ1) is 4.19. The van der Waals surface area contributed by atoms with Gasteiger partial charge < -0.3 is 0 Å². The summed E-state index contributed by atoms with van der Waals surface area (Å²) in [5.74, 6) is -4.70. The van der Waals surface area contributed by atoms with E-state index in [0.29, 0.717) is 6.92 Å². The average molecular weight is 180 g/mol. The van der Waals surface area contributed by atoms with Crippen molar-refractivity contribution in [2.75, 3.05) is 0 Å². The highest BCUT2D eigenvalue weighted by atomic mass is 32.1. The Bertz CT molecular complexity index is 115. The summed E-state index contributed by atoms with van der Waals surface area (Å²) in [7, 11) is 0. The number of hydrogen-bond donors (Lipinski definition) is 1. The second kappa shape index (κ2) is 2.56. The minimum absolute atomic E-state index is 0.691. The molecule has 0 bridgehead atoms. The normalized spacial score (nSPS) is 17.1. The average Bonchev–Trinajstić information content (AvgIpc) is 1.62. The van der Waals surface area contributed by atoms with Gasteiger partial charge in [-0.05, 0) is 6.92 Å². The summed E-state index contributed by atoms with van der Waals surface area (Å²) in [6.45, 7) is 0.691. The molecule has 0 amide bonds. The van der Waals surface area contributed by atoms with E-state index in [4.69, 9.17) is 0 Å². The highest BCUT2D eigenvalue weighted by molar-refractivity contribution is 7.81. The van der Waals surface area contributed by atoms with Crippen LogP contribution >= 0.6 is 12.6 Å². The Labute approximate surface area is 59.8 Å². The van der Waals surface area contributed by atoms with Crippen LogP contribution in [0.15, 0.2) is 0 Å². The molecule has 62 valence electrons. The van der Waals surface area contributed by atoms with Crippen LogP contribution in [-0.4, -0.2) is 17.3 Å². The molecule has 6 heteroatoms. The molecule has 0 saturated carbocycles. The van der Waals surface area contributed by atoms with Crippen LogP contribution in [-0.2, 0) is 0 Å². The fourth-order valence-electron chi connectivity index (χ4n) is 0.237. The molecule has 1 atom stereocenters. The van der Waals surface area contributed by atoms with Crippen molar-refractivity contribution >= 4 is 12.6 Å². The highest BCUT2D eigenvalue weighted by Gasteiger charge is 2.59. The Balaban J connectivity index is 4.40. The third-order valence-electron chi connectivity index (χ3n) is 0.903. The van der Waals surface area contributed by atoms with E-state index in [1.165, 1.54) is 0 Å². The zero-order valence-corrected chi connectivity index (χ0v) is 5.81. The lowest BCUT2D eigenvalue weighted by molar-refractivity contribution is -0.279. The van der Waals surface area contributed by atoms with E-state index >= 15 is 0 Å². The van der Waals surface area contributed by atoms with Gasteiger partial charge in [0.15, 0.2) is 0 Å². The van der Waals surface area contributed by atoms with Crippen molar-refractivity contribution in [1.82, 2.24) is 0 Å². The molecule has 0 N–H and O–H groups in total. The summed E-state index contributed by atoms with van der Waals surface area (Å²) in [6, 6.07) is 0. The van der Waals surface area contributed by atoms with Crippen LogP contribution in [0, 0.1) is 0 Å². The molecule has 0 aliphatic carbocycles. The van der Waals surface area contributed by atoms with Gasteiger partial charge in [-0.15, -0.1) is 0 Å². The summed E-state index contributed by atoms with van der Waals surface area (Å²) in [4.78, 5) is 0. The number of hydrogen-bond acceptors (Lipinski definition) is 1. The van der Waals surface area contributed by atoms with Gasteiger partial charge in [0.1, 0.15) is 0 Å². The van der Waals surface area contributed by atoms with Crippen LogP contribution in [0.1, 0.15) is 6.92 Å². The van der Waals surface area contributed by atoms with Crippen molar-refractivity contribution in [2.45, 2.75) is 24.3 Å². The van der Waals surface area contributed by atoms with Crippen LogP contribution in [0.3, 0.4) is 0 Å². The largest absolute Gasteiger partial charge is 0.454 e. The number of alkyl halides is 5. The second-order valence-corrected chi connectivity index (χ2v) is 2.57. The van der Waals surface area contributed by atoms with Crippen LogP contribution in [0.5, 0.6) is 0 Å². The van der Waals surface area contributed by atoms with Crippen molar-refractivity contribution in [1.29, 1.82) is 0 Å². The lowest BCUT2D eigenvalue weighted by Gasteiger charge is -2.21. The summed E-state index contributed by atoms with van der Waals surface area (Å²) >= 11 is 3.00. The van der Waals surface area contributed by atoms with Crippen molar-refractivity contribution in [3.05, 3.63) is 0 Å². The fourth-order valence-corrected chi connectivity index (χ4v) is 0.383. The predicted molar refractivity (Wildman–Crippen MR) is 29.4 cm³/mol. The van der Waals surface area contributed by atoms with Crippen molar-refractivity contribution in [3.63, 3.8) is 0 Å². The minimum Gasteiger partial charge on any atom is -0.195 e. The molecule has 0 aromatic carbocycles. The molecule has 0 heterocycles. The maximum Gasteiger partial charge on any atom is 0.454 e. The van der Waals surface area contributed by atoms with Crippen LogP contribution in [0.2, 0.25) is 0 Å². The van der Waals surface area contributed by atoms with E-state index < -0.39 is 17.3 Å². The first-order valence-electron chi connectivity index (χ1n) is 2.32. The van der Waals surface area contributed by atoms with Crippen molar-refractivity contribution in [3.8, 4) is 0 Å². The van der Waals surface area contributed by atoms with Gasteiger partial charge in [0, 0.05) is 0 Å². The number of rotatable bonds is 1. The SMILES string of the molecule is CC(S)C(F)(F)C(F)(F)F. The molecule has 10 heavy (non-hydrogen) atoms. The highest BCUT2D eigenvalue weighted by Crippen LogP contribution is 2.39. The smallest absolute Gasteiger partial charge is 0.195 e. The lowest BCUT2D eigenvalue weighted by atomic mass is 10.2. The van der Waals surface area contributed by atoms with Gasteiger partial charge in [0.2, 0.25) is 0 Å². The third-order valence-corrected chi connectivity index (χ3v) is 1.23. The summed E-state index contributed by atoms with van der Waals surface area (Å²) in [6.07, 6.45) is -5.49. The number of halogens is 5. The third kappa shape index (κ3) is 1.74. The van der Waals surface area contributed by atoms with Gasteiger partial charge in [0.25, 0.3) is 0 Å². The quantitative estimate of drug-likeness (QED) is 0.465.